The van der Waals surface area contributed by atoms with Crippen LogP contribution >= 0.6 is 15.9 Å². The van der Waals surface area contributed by atoms with Crippen molar-refractivity contribution in [2.24, 2.45) is 0 Å². The molecule has 0 heterocycles. The molecule has 2 aromatic carbocycles. The predicted molar refractivity (Wildman–Crippen MR) is 70.4 cm³/mol. The van der Waals surface area contributed by atoms with Crippen LogP contribution in [0.3, 0.4) is 0 Å². The zero-order valence-electron chi connectivity index (χ0n) is 10.4. The Morgan fingerprint density at radius 3 is 2.21 bits per heavy atom. The van der Waals surface area contributed by atoms with Crippen LogP contribution in [0.5, 0.6) is 0 Å². The van der Waals surface area contributed by atoms with Crippen LogP contribution < -0.4 is 29.6 Å². The second kappa shape index (κ2) is 7.13. The molecule has 0 atom stereocenters. The molecule has 0 N–H and O–H groups in total. The summed E-state index contributed by atoms with van der Waals surface area (Å²) in [4.78, 5) is 0. The van der Waals surface area contributed by atoms with Gasteiger partial charge in [0.05, 0.1) is 6.61 Å². The summed E-state index contributed by atoms with van der Waals surface area (Å²) in [6, 6.07) is 11.4. The molecule has 0 aliphatic rings. The summed E-state index contributed by atoms with van der Waals surface area (Å²) in [6.45, 7) is -6.10. The van der Waals surface area contributed by atoms with Gasteiger partial charge in [-0.05, 0) is 28.5 Å². The first kappa shape index (κ1) is 17.0. The molecule has 0 saturated heterocycles. The summed E-state index contributed by atoms with van der Waals surface area (Å²) in [7, 11) is 0. The van der Waals surface area contributed by atoms with Crippen molar-refractivity contribution < 1.29 is 47.2 Å². The summed E-state index contributed by atoms with van der Waals surface area (Å²) in [5.74, 6) is 0. The maximum absolute atomic E-state index is 12.0. The van der Waals surface area contributed by atoms with Crippen LogP contribution in [-0.2, 0) is 11.3 Å². The van der Waals surface area contributed by atoms with Crippen LogP contribution in [0.4, 0.5) is 12.9 Å². The Kier molecular flexibility index (Phi) is 6.40. The molecule has 0 radical (unpaired) electrons. The molecule has 96 valence electrons. The Labute approximate surface area is 140 Å². The Morgan fingerprint density at radius 1 is 1.05 bits per heavy atom. The standard InChI is InChI=1S/C12H10BBrF3O.Na/c14-12-6-10-4-2-1-3-9(10)5-11(12)7-18-8-13(15,16)17;/h1-6H,7-8H2;/q-1;+1. The summed E-state index contributed by atoms with van der Waals surface area (Å²) in [6.07, 6.45) is 0. The van der Waals surface area contributed by atoms with Gasteiger partial charge in [0.2, 0.25) is 0 Å². The summed E-state index contributed by atoms with van der Waals surface area (Å²) < 4.78 is 41.6. The average Bonchev–Trinajstić information content (AvgIpc) is 2.28. The van der Waals surface area contributed by atoms with Crippen molar-refractivity contribution in [1.29, 1.82) is 0 Å². The Hall–Kier alpha value is -0.00506. The second-order valence-electron chi connectivity index (χ2n) is 4.02. The fourth-order valence-corrected chi connectivity index (χ4v) is 2.15. The molecule has 7 heteroatoms. The van der Waals surface area contributed by atoms with Crippen molar-refractivity contribution in [1.82, 2.24) is 0 Å². The van der Waals surface area contributed by atoms with Gasteiger partial charge in [0.25, 0.3) is 0 Å². The number of hydrogen-bond donors (Lipinski definition) is 0. The van der Waals surface area contributed by atoms with Crippen LogP contribution in [0.15, 0.2) is 40.9 Å². The van der Waals surface area contributed by atoms with E-state index in [1.165, 1.54) is 0 Å². The van der Waals surface area contributed by atoms with E-state index in [0.717, 1.165) is 15.2 Å². The van der Waals surface area contributed by atoms with Crippen molar-refractivity contribution >= 4 is 33.7 Å². The first-order chi connectivity index (χ1) is 8.46. The summed E-state index contributed by atoms with van der Waals surface area (Å²) in [5.41, 5.74) is 0.716. The van der Waals surface area contributed by atoms with E-state index in [0.29, 0.717) is 5.56 Å². The van der Waals surface area contributed by atoms with E-state index in [1.54, 1.807) is 0 Å². The van der Waals surface area contributed by atoms with E-state index in [4.69, 9.17) is 0 Å². The minimum absolute atomic E-state index is 0. The molecule has 2 rings (SSSR count). The summed E-state index contributed by atoms with van der Waals surface area (Å²) >= 11 is 3.34. The maximum atomic E-state index is 12.0. The number of benzene rings is 2. The van der Waals surface area contributed by atoms with Gasteiger partial charge in [-0.3, -0.25) is 0 Å². The molecule has 0 bridgehead atoms. The topological polar surface area (TPSA) is 9.23 Å². The molecular weight excluding hydrogens is 331 g/mol. The van der Waals surface area contributed by atoms with Gasteiger partial charge in [0.15, 0.2) is 0 Å². The molecule has 0 aromatic heterocycles. The van der Waals surface area contributed by atoms with Gasteiger partial charge in [0.1, 0.15) is 0 Å². The zero-order valence-corrected chi connectivity index (χ0v) is 14.0. The Balaban J connectivity index is 0.00000180. The Morgan fingerprint density at radius 2 is 1.63 bits per heavy atom. The zero-order chi connectivity index (χ0) is 13.2. The third kappa shape index (κ3) is 5.12. The fourth-order valence-electron chi connectivity index (χ4n) is 1.67. The number of ether oxygens (including phenoxy) is 1. The van der Waals surface area contributed by atoms with E-state index in [9.17, 15) is 12.9 Å². The number of rotatable bonds is 4. The van der Waals surface area contributed by atoms with Crippen LogP contribution in [0, 0.1) is 0 Å². The number of hydrogen-bond acceptors (Lipinski definition) is 1. The minimum atomic E-state index is -4.89. The fraction of sp³-hybridized carbons (Fsp3) is 0.167. The SMILES string of the molecule is F[B-](F)(F)COCc1cc2ccccc2cc1Br.[Na+]. The van der Waals surface area contributed by atoms with Crippen LogP contribution in [0.2, 0.25) is 0 Å². The molecular formula is C12H10BBrF3NaO. The average molecular weight is 341 g/mol. The third-order valence-corrected chi connectivity index (χ3v) is 3.22. The molecule has 0 spiro atoms. The van der Waals surface area contributed by atoms with Crippen molar-refractivity contribution in [2.45, 2.75) is 6.61 Å². The second-order valence-corrected chi connectivity index (χ2v) is 4.87. The van der Waals surface area contributed by atoms with Crippen molar-refractivity contribution in [3.05, 3.63) is 46.4 Å². The van der Waals surface area contributed by atoms with E-state index in [1.807, 2.05) is 36.4 Å². The maximum Gasteiger partial charge on any atom is 1.00 e. The van der Waals surface area contributed by atoms with Crippen LogP contribution in [-0.4, -0.2) is 13.5 Å². The molecule has 1 nitrogen and oxygen atoms in total. The van der Waals surface area contributed by atoms with E-state index < -0.39 is 13.5 Å². The Bertz CT molecular complexity index is 562. The molecule has 19 heavy (non-hydrogen) atoms. The smallest absolute Gasteiger partial charge is 0.447 e. The van der Waals surface area contributed by atoms with Gasteiger partial charge >= 0.3 is 36.5 Å². The van der Waals surface area contributed by atoms with Gasteiger partial charge < -0.3 is 17.7 Å². The minimum Gasteiger partial charge on any atom is -0.447 e. The van der Waals surface area contributed by atoms with Gasteiger partial charge in [-0.15, -0.1) is 0 Å². The van der Waals surface area contributed by atoms with Crippen LogP contribution in [0.1, 0.15) is 5.56 Å². The third-order valence-electron chi connectivity index (χ3n) is 2.48. The molecule has 0 unspecified atom stereocenters. The number of fused-ring (bicyclic) bond motifs is 1. The van der Waals surface area contributed by atoms with E-state index in [2.05, 4.69) is 20.7 Å². The quantitative estimate of drug-likeness (QED) is 0.767. The monoisotopic (exact) mass is 340 g/mol. The first-order valence-electron chi connectivity index (χ1n) is 5.41. The molecule has 0 aliphatic heterocycles. The largest absolute Gasteiger partial charge is 1.00 e. The van der Waals surface area contributed by atoms with Crippen LogP contribution in [0.25, 0.3) is 10.8 Å². The normalized spacial score (nSPS) is 11.4. The van der Waals surface area contributed by atoms with Crippen molar-refractivity contribution in [3.8, 4) is 0 Å². The van der Waals surface area contributed by atoms with Gasteiger partial charge in [-0.1, -0.05) is 40.2 Å². The summed E-state index contributed by atoms with van der Waals surface area (Å²) in [5, 5.41) is 2.02. The van der Waals surface area contributed by atoms with Gasteiger partial charge in [0, 0.05) is 11.0 Å². The van der Waals surface area contributed by atoms with Crippen molar-refractivity contribution in [2.75, 3.05) is 6.51 Å². The van der Waals surface area contributed by atoms with Gasteiger partial charge in [-0.2, -0.15) is 0 Å². The van der Waals surface area contributed by atoms with Gasteiger partial charge in [-0.25, -0.2) is 0 Å². The number of halogens is 4. The van der Waals surface area contributed by atoms with E-state index in [-0.39, 0.29) is 36.2 Å². The molecule has 0 saturated carbocycles. The predicted octanol–water partition coefficient (Wildman–Crippen LogP) is 1.51. The van der Waals surface area contributed by atoms with E-state index >= 15 is 0 Å². The van der Waals surface area contributed by atoms with Crippen molar-refractivity contribution in [3.63, 3.8) is 0 Å². The molecule has 0 fully saturated rings. The molecule has 0 aliphatic carbocycles. The molecule has 2 aromatic rings. The molecule has 0 amide bonds. The first-order valence-corrected chi connectivity index (χ1v) is 6.21.